The van der Waals surface area contributed by atoms with Crippen molar-refractivity contribution in [2.24, 2.45) is 11.3 Å². The Bertz CT molecular complexity index is 747. The van der Waals surface area contributed by atoms with Crippen molar-refractivity contribution in [1.29, 1.82) is 0 Å². The predicted molar refractivity (Wildman–Crippen MR) is 80.6 cm³/mol. The topological polar surface area (TPSA) is 74.7 Å². The Kier molecular flexibility index (Phi) is 2.99. The van der Waals surface area contributed by atoms with E-state index < -0.39 is 23.0 Å². The summed E-state index contributed by atoms with van der Waals surface area (Å²) >= 11 is 0. The fourth-order valence-electron chi connectivity index (χ4n) is 3.04. The minimum atomic E-state index is -0.735. The molecule has 2 aliphatic rings. The SMILES string of the molecule is CC(C)C1(C)Cc2cc(N3C(=O)C=C(O)C3=O)ccc2C1=O. The monoisotopic (exact) mass is 299 g/mol. The Morgan fingerprint density at radius 3 is 2.45 bits per heavy atom. The van der Waals surface area contributed by atoms with Gasteiger partial charge in [-0.15, -0.1) is 0 Å². The van der Waals surface area contributed by atoms with E-state index in [9.17, 15) is 19.5 Å². The van der Waals surface area contributed by atoms with Gasteiger partial charge in [-0.3, -0.25) is 14.4 Å². The van der Waals surface area contributed by atoms with Gasteiger partial charge in [0.15, 0.2) is 11.5 Å². The first-order valence-corrected chi connectivity index (χ1v) is 7.22. The Hall–Kier alpha value is -2.43. The summed E-state index contributed by atoms with van der Waals surface area (Å²) in [7, 11) is 0. The van der Waals surface area contributed by atoms with Gasteiger partial charge < -0.3 is 5.11 Å². The summed E-state index contributed by atoms with van der Waals surface area (Å²) in [5.74, 6) is -1.58. The number of carbonyl (C=O) groups is 3. The van der Waals surface area contributed by atoms with E-state index in [0.717, 1.165) is 16.5 Å². The summed E-state index contributed by atoms with van der Waals surface area (Å²) in [6, 6.07) is 4.94. The van der Waals surface area contributed by atoms with Crippen molar-refractivity contribution in [3.63, 3.8) is 0 Å². The second-order valence-corrected chi connectivity index (χ2v) is 6.43. The number of aliphatic hydroxyl groups is 1. The fourth-order valence-corrected chi connectivity index (χ4v) is 3.04. The molecule has 0 aromatic heterocycles. The molecule has 0 radical (unpaired) electrons. The summed E-state index contributed by atoms with van der Waals surface area (Å²) in [5, 5.41) is 9.39. The number of aliphatic hydroxyl groups excluding tert-OH is 1. The first-order chi connectivity index (χ1) is 10.3. The van der Waals surface area contributed by atoms with E-state index in [2.05, 4.69) is 0 Å². The van der Waals surface area contributed by atoms with Crippen molar-refractivity contribution >= 4 is 23.3 Å². The van der Waals surface area contributed by atoms with Gasteiger partial charge in [0.1, 0.15) is 0 Å². The molecule has 1 aromatic rings. The molecule has 1 heterocycles. The predicted octanol–water partition coefficient (Wildman–Crippen LogP) is 2.40. The Labute approximate surface area is 128 Å². The number of Topliss-reactive ketones (excluding diaryl/α,β-unsaturated/α-hetero) is 1. The standard InChI is InChI=1S/C17H17NO4/c1-9(2)17(3)8-10-6-11(4-5-12(10)15(17)21)18-14(20)7-13(19)16(18)22/h4-7,9,19H,8H2,1-3H3. The average molecular weight is 299 g/mol. The van der Waals surface area contributed by atoms with Crippen molar-refractivity contribution in [2.75, 3.05) is 4.90 Å². The van der Waals surface area contributed by atoms with Gasteiger partial charge in [-0.1, -0.05) is 20.8 Å². The molecule has 1 atom stereocenters. The number of ketones is 1. The highest BCUT2D eigenvalue weighted by Crippen LogP contribution is 2.43. The summed E-state index contributed by atoms with van der Waals surface area (Å²) in [4.78, 5) is 37.1. The van der Waals surface area contributed by atoms with Crippen molar-refractivity contribution in [2.45, 2.75) is 27.2 Å². The number of imide groups is 1. The van der Waals surface area contributed by atoms with Crippen LogP contribution in [0.4, 0.5) is 5.69 Å². The quantitative estimate of drug-likeness (QED) is 0.851. The van der Waals surface area contributed by atoms with Gasteiger partial charge in [0.05, 0.1) is 11.8 Å². The molecule has 1 aromatic carbocycles. The third kappa shape index (κ3) is 1.81. The van der Waals surface area contributed by atoms with Gasteiger partial charge in [0, 0.05) is 11.0 Å². The van der Waals surface area contributed by atoms with Crippen LogP contribution in [-0.4, -0.2) is 22.7 Å². The number of anilines is 1. The zero-order valence-corrected chi connectivity index (χ0v) is 12.7. The summed E-state index contributed by atoms with van der Waals surface area (Å²) in [6.07, 6.45) is 1.49. The number of rotatable bonds is 2. The zero-order valence-electron chi connectivity index (χ0n) is 12.7. The van der Waals surface area contributed by atoms with Crippen LogP contribution in [0.25, 0.3) is 0 Å². The van der Waals surface area contributed by atoms with E-state index in [4.69, 9.17) is 0 Å². The normalized spacial score (nSPS) is 24.3. The molecule has 5 nitrogen and oxygen atoms in total. The van der Waals surface area contributed by atoms with Crippen LogP contribution in [0.1, 0.15) is 36.7 Å². The maximum absolute atomic E-state index is 12.6. The fraction of sp³-hybridized carbons (Fsp3) is 0.353. The van der Waals surface area contributed by atoms with Gasteiger partial charge >= 0.3 is 0 Å². The Morgan fingerprint density at radius 2 is 1.91 bits per heavy atom. The Balaban J connectivity index is 2.01. The first kappa shape index (κ1) is 14.5. The van der Waals surface area contributed by atoms with Gasteiger partial charge in [0.2, 0.25) is 0 Å². The van der Waals surface area contributed by atoms with Crippen LogP contribution in [-0.2, 0) is 16.0 Å². The lowest BCUT2D eigenvalue weighted by atomic mass is 9.76. The van der Waals surface area contributed by atoms with Crippen LogP contribution in [0.5, 0.6) is 0 Å². The molecule has 22 heavy (non-hydrogen) atoms. The lowest BCUT2D eigenvalue weighted by Gasteiger charge is -2.26. The van der Waals surface area contributed by atoms with Crippen LogP contribution < -0.4 is 4.90 Å². The number of hydrogen-bond donors (Lipinski definition) is 1. The molecule has 0 bridgehead atoms. The molecule has 0 saturated heterocycles. The van der Waals surface area contributed by atoms with Crippen molar-refractivity contribution in [3.8, 4) is 0 Å². The van der Waals surface area contributed by atoms with Crippen LogP contribution in [0.3, 0.4) is 0 Å². The van der Waals surface area contributed by atoms with Gasteiger partial charge in [0.25, 0.3) is 11.8 Å². The molecule has 1 aliphatic heterocycles. The molecule has 2 amide bonds. The van der Waals surface area contributed by atoms with Crippen LogP contribution in [0.2, 0.25) is 0 Å². The summed E-state index contributed by atoms with van der Waals surface area (Å²) < 4.78 is 0. The minimum Gasteiger partial charge on any atom is -0.503 e. The maximum atomic E-state index is 12.6. The number of hydrogen-bond acceptors (Lipinski definition) is 4. The second kappa shape index (κ2) is 4.53. The second-order valence-electron chi connectivity index (χ2n) is 6.43. The molecule has 1 unspecified atom stereocenters. The van der Waals surface area contributed by atoms with E-state index in [1.807, 2.05) is 20.8 Å². The third-order valence-electron chi connectivity index (χ3n) is 4.85. The minimum absolute atomic E-state index is 0.101. The molecule has 1 aliphatic carbocycles. The summed E-state index contributed by atoms with van der Waals surface area (Å²) in [6.45, 7) is 5.97. The highest BCUT2D eigenvalue weighted by atomic mass is 16.3. The number of amides is 2. The number of nitrogens with zero attached hydrogens (tertiary/aromatic N) is 1. The van der Waals surface area contributed by atoms with Crippen LogP contribution >= 0.6 is 0 Å². The van der Waals surface area contributed by atoms with Gasteiger partial charge in [-0.2, -0.15) is 0 Å². The van der Waals surface area contributed by atoms with Crippen molar-refractivity contribution in [3.05, 3.63) is 41.2 Å². The summed E-state index contributed by atoms with van der Waals surface area (Å²) in [5.41, 5.74) is 1.41. The highest BCUT2D eigenvalue weighted by Gasteiger charge is 2.44. The number of fused-ring (bicyclic) bond motifs is 1. The highest BCUT2D eigenvalue weighted by molar-refractivity contribution is 6.29. The van der Waals surface area contributed by atoms with E-state index in [1.54, 1.807) is 18.2 Å². The average Bonchev–Trinajstić information content (AvgIpc) is 2.85. The lowest BCUT2D eigenvalue weighted by molar-refractivity contribution is -0.121. The zero-order chi connectivity index (χ0) is 16.2. The molecular formula is C17H17NO4. The van der Waals surface area contributed by atoms with E-state index in [0.29, 0.717) is 17.7 Å². The third-order valence-corrected chi connectivity index (χ3v) is 4.85. The van der Waals surface area contributed by atoms with E-state index in [-0.39, 0.29) is 11.7 Å². The molecule has 3 rings (SSSR count). The molecule has 5 heteroatoms. The number of carbonyl (C=O) groups excluding carboxylic acids is 3. The lowest BCUT2D eigenvalue weighted by Crippen LogP contribution is -2.30. The van der Waals surface area contributed by atoms with Crippen molar-refractivity contribution < 1.29 is 19.5 Å². The van der Waals surface area contributed by atoms with Crippen molar-refractivity contribution in [1.82, 2.24) is 0 Å². The molecular weight excluding hydrogens is 282 g/mol. The Morgan fingerprint density at radius 1 is 1.23 bits per heavy atom. The molecule has 0 fully saturated rings. The smallest absolute Gasteiger partial charge is 0.300 e. The van der Waals surface area contributed by atoms with E-state index >= 15 is 0 Å². The molecule has 0 saturated carbocycles. The first-order valence-electron chi connectivity index (χ1n) is 7.22. The number of benzene rings is 1. The molecule has 114 valence electrons. The largest absolute Gasteiger partial charge is 0.503 e. The molecule has 0 spiro atoms. The van der Waals surface area contributed by atoms with Crippen LogP contribution in [0, 0.1) is 11.3 Å². The van der Waals surface area contributed by atoms with Gasteiger partial charge in [-0.25, -0.2) is 4.90 Å². The molecule has 1 N–H and O–H groups in total. The maximum Gasteiger partial charge on any atom is 0.300 e. The van der Waals surface area contributed by atoms with Gasteiger partial charge in [-0.05, 0) is 36.1 Å². The van der Waals surface area contributed by atoms with E-state index in [1.165, 1.54) is 0 Å². The van der Waals surface area contributed by atoms with Crippen LogP contribution in [0.15, 0.2) is 30.0 Å².